The minimum absolute atomic E-state index is 0.0334. The number of nitrogens with one attached hydrogen (secondary N) is 2. The Morgan fingerprint density at radius 2 is 1.81 bits per heavy atom. The summed E-state index contributed by atoms with van der Waals surface area (Å²) >= 11 is 0. The van der Waals surface area contributed by atoms with Crippen LogP contribution in [0.15, 0.2) is 24.3 Å². The van der Waals surface area contributed by atoms with Gasteiger partial charge in [0.05, 0.1) is 17.3 Å². The van der Waals surface area contributed by atoms with Crippen LogP contribution < -0.4 is 16.4 Å². The van der Waals surface area contributed by atoms with Gasteiger partial charge in [-0.2, -0.15) is 0 Å². The number of nitrogens with two attached hydrogens (primary N) is 1. The SMILES string of the molecule is CCC(C)NC(=O)c1ccccc1NC(=O)C(N)C(C)C. The molecule has 2 atom stereocenters. The van der Waals surface area contributed by atoms with E-state index in [1.807, 2.05) is 27.7 Å². The van der Waals surface area contributed by atoms with E-state index in [9.17, 15) is 9.59 Å². The summed E-state index contributed by atoms with van der Waals surface area (Å²) in [5.74, 6) is -0.446. The molecule has 1 aromatic carbocycles. The topological polar surface area (TPSA) is 84.2 Å². The highest BCUT2D eigenvalue weighted by Crippen LogP contribution is 2.16. The van der Waals surface area contributed by atoms with Gasteiger partial charge in [0.1, 0.15) is 0 Å². The van der Waals surface area contributed by atoms with Gasteiger partial charge in [-0.15, -0.1) is 0 Å². The van der Waals surface area contributed by atoms with Gasteiger partial charge in [-0.3, -0.25) is 9.59 Å². The number of benzene rings is 1. The fourth-order valence-electron chi connectivity index (χ4n) is 1.71. The van der Waals surface area contributed by atoms with Crippen LogP contribution in [0.1, 0.15) is 44.5 Å². The van der Waals surface area contributed by atoms with Crippen molar-refractivity contribution in [3.05, 3.63) is 29.8 Å². The predicted octanol–water partition coefficient (Wildman–Crippen LogP) is 2.14. The predicted molar refractivity (Wildman–Crippen MR) is 85.1 cm³/mol. The monoisotopic (exact) mass is 291 g/mol. The number of carbonyl (C=O) groups excluding carboxylic acids is 2. The van der Waals surface area contributed by atoms with Gasteiger partial charge >= 0.3 is 0 Å². The molecule has 0 bridgehead atoms. The lowest BCUT2D eigenvalue weighted by Crippen LogP contribution is -2.40. The molecule has 0 aliphatic rings. The van der Waals surface area contributed by atoms with Crippen LogP contribution in [0.3, 0.4) is 0 Å². The molecule has 0 fully saturated rings. The Kier molecular flexibility index (Phi) is 6.37. The van der Waals surface area contributed by atoms with Crippen molar-refractivity contribution in [1.29, 1.82) is 0 Å². The van der Waals surface area contributed by atoms with Crippen molar-refractivity contribution < 1.29 is 9.59 Å². The van der Waals surface area contributed by atoms with Crippen molar-refractivity contribution in [2.24, 2.45) is 11.7 Å². The molecule has 0 aliphatic heterocycles. The first kappa shape index (κ1) is 17.2. The molecule has 2 amide bonds. The van der Waals surface area contributed by atoms with E-state index in [2.05, 4.69) is 10.6 Å². The van der Waals surface area contributed by atoms with Crippen LogP contribution in [0, 0.1) is 5.92 Å². The van der Waals surface area contributed by atoms with E-state index in [4.69, 9.17) is 5.73 Å². The molecule has 5 nitrogen and oxygen atoms in total. The zero-order valence-corrected chi connectivity index (χ0v) is 13.1. The fourth-order valence-corrected chi connectivity index (χ4v) is 1.71. The molecule has 0 aliphatic carbocycles. The average molecular weight is 291 g/mol. The van der Waals surface area contributed by atoms with E-state index in [0.29, 0.717) is 11.3 Å². The molecule has 0 spiro atoms. The van der Waals surface area contributed by atoms with Gasteiger partial charge in [0, 0.05) is 6.04 Å². The largest absolute Gasteiger partial charge is 0.350 e. The number of hydrogen-bond donors (Lipinski definition) is 3. The molecule has 116 valence electrons. The smallest absolute Gasteiger partial charge is 0.253 e. The lowest BCUT2D eigenvalue weighted by Gasteiger charge is -2.18. The van der Waals surface area contributed by atoms with Crippen molar-refractivity contribution in [1.82, 2.24) is 5.32 Å². The molecule has 0 heterocycles. The first-order valence-electron chi connectivity index (χ1n) is 7.33. The Hall–Kier alpha value is -1.88. The van der Waals surface area contributed by atoms with E-state index in [1.165, 1.54) is 0 Å². The zero-order valence-electron chi connectivity index (χ0n) is 13.1. The minimum Gasteiger partial charge on any atom is -0.350 e. The maximum atomic E-state index is 12.2. The highest BCUT2D eigenvalue weighted by molar-refractivity contribution is 6.04. The van der Waals surface area contributed by atoms with Crippen LogP contribution >= 0.6 is 0 Å². The second-order valence-corrected chi connectivity index (χ2v) is 5.59. The van der Waals surface area contributed by atoms with Gasteiger partial charge in [-0.1, -0.05) is 32.9 Å². The summed E-state index contributed by atoms with van der Waals surface area (Å²) in [5.41, 5.74) is 6.76. The third-order valence-corrected chi connectivity index (χ3v) is 3.44. The van der Waals surface area contributed by atoms with Crippen molar-refractivity contribution >= 4 is 17.5 Å². The Bertz CT molecular complexity index is 500. The Labute approximate surface area is 126 Å². The summed E-state index contributed by atoms with van der Waals surface area (Å²) < 4.78 is 0. The van der Waals surface area contributed by atoms with E-state index in [0.717, 1.165) is 6.42 Å². The fraction of sp³-hybridized carbons (Fsp3) is 0.500. The highest BCUT2D eigenvalue weighted by Gasteiger charge is 2.20. The van der Waals surface area contributed by atoms with Gasteiger partial charge in [0.15, 0.2) is 0 Å². The summed E-state index contributed by atoms with van der Waals surface area (Å²) in [6.07, 6.45) is 0.846. The van der Waals surface area contributed by atoms with E-state index >= 15 is 0 Å². The van der Waals surface area contributed by atoms with Crippen molar-refractivity contribution in [2.45, 2.75) is 46.2 Å². The van der Waals surface area contributed by atoms with Crippen molar-refractivity contribution in [2.75, 3.05) is 5.32 Å². The number of rotatable bonds is 6. The van der Waals surface area contributed by atoms with Crippen LogP contribution in [-0.2, 0) is 4.79 Å². The van der Waals surface area contributed by atoms with E-state index in [-0.39, 0.29) is 23.8 Å². The number of amides is 2. The molecule has 21 heavy (non-hydrogen) atoms. The number of para-hydroxylation sites is 1. The molecule has 0 aromatic heterocycles. The van der Waals surface area contributed by atoms with Crippen LogP contribution in [0.4, 0.5) is 5.69 Å². The Morgan fingerprint density at radius 3 is 2.38 bits per heavy atom. The van der Waals surface area contributed by atoms with E-state index in [1.54, 1.807) is 24.3 Å². The van der Waals surface area contributed by atoms with Gasteiger partial charge in [-0.05, 0) is 31.4 Å². The summed E-state index contributed by atoms with van der Waals surface area (Å²) in [4.78, 5) is 24.3. The lowest BCUT2D eigenvalue weighted by molar-refractivity contribution is -0.118. The van der Waals surface area contributed by atoms with E-state index < -0.39 is 6.04 Å². The van der Waals surface area contributed by atoms with Gasteiger partial charge in [0.25, 0.3) is 5.91 Å². The highest BCUT2D eigenvalue weighted by atomic mass is 16.2. The summed E-state index contributed by atoms with van der Waals surface area (Å²) in [6.45, 7) is 7.70. The first-order valence-corrected chi connectivity index (χ1v) is 7.33. The summed E-state index contributed by atoms with van der Waals surface area (Å²) in [7, 11) is 0. The van der Waals surface area contributed by atoms with Crippen LogP contribution in [0.2, 0.25) is 0 Å². The van der Waals surface area contributed by atoms with Crippen LogP contribution in [-0.4, -0.2) is 23.9 Å². The summed E-state index contributed by atoms with van der Waals surface area (Å²) in [6, 6.07) is 6.42. The maximum Gasteiger partial charge on any atom is 0.253 e. The average Bonchev–Trinajstić information content (AvgIpc) is 2.46. The standard InChI is InChI=1S/C16H25N3O2/c1-5-11(4)18-15(20)12-8-6-7-9-13(12)19-16(21)14(17)10(2)3/h6-11,14H,5,17H2,1-4H3,(H,18,20)(H,19,21). The lowest BCUT2D eigenvalue weighted by atomic mass is 10.0. The first-order chi connectivity index (χ1) is 9.86. The molecule has 1 rings (SSSR count). The molecule has 0 saturated carbocycles. The molecule has 4 N–H and O–H groups in total. The Balaban J connectivity index is 2.89. The maximum absolute atomic E-state index is 12.2. The minimum atomic E-state index is -0.601. The number of anilines is 1. The number of hydrogen-bond acceptors (Lipinski definition) is 3. The van der Waals surface area contributed by atoms with Crippen LogP contribution in [0.5, 0.6) is 0 Å². The molecular weight excluding hydrogens is 266 g/mol. The van der Waals surface area contributed by atoms with Crippen LogP contribution in [0.25, 0.3) is 0 Å². The second-order valence-electron chi connectivity index (χ2n) is 5.59. The quantitative estimate of drug-likeness (QED) is 0.750. The Morgan fingerprint density at radius 1 is 1.19 bits per heavy atom. The third kappa shape index (κ3) is 4.86. The molecule has 5 heteroatoms. The van der Waals surface area contributed by atoms with Gasteiger partial charge < -0.3 is 16.4 Å². The molecule has 0 saturated heterocycles. The second kappa shape index (κ2) is 7.78. The normalized spacial score (nSPS) is 13.6. The number of carbonyl (C=O) groups is 2. The molecule has 1 aromatic rings. The van der Waals surface area contributed by atoms with Gasteiger partial charge in [0.2, 0.25) is 5.91 Å². The third-order valence-electron chi connectivity index (χ3n) is 3.44. The zero-order chi connectivity index (χ0) is 16.0. The summed E-state index contributed by atoms with van der Waals surface area (Å²) in [5, 5.41) is 5.63. The molecule has 0 radical (unpaired) electrons. The van der Waals surface area contributed by atoms with Crippen molar-refractivity contribution in [3.63, 3.8) is 0 Å². The molecule has 2 unspecified atom stereocenters. The van der Waals surface area contributed by atoms with Crippen molar-refractivity contribution in [3.8, 4) is 0 Å². The molecular formula is C16H25N3O2. The van der Waals surface area contributed by atoms with Gasteiger partial charge in [-0.25, -0.2) is 0 Å².